The van der Waals surface area contributed by atoms with Gasteiger partial charge in [0.15, 0.2) is 0 Å². The number of aromatic hydroxyl groups is 1. The molecule has 0 bridgehead atoms. The van der Waals surface area contributed by atoms with Gasteiger partial charge in [-0.1, -0.05) is 52.3 Å². The Bertz CT molecular complexity index is 645. The van der Waals surface area contributed by atoms with Crippen LogP contribution in [0.1, 0.15) is 21.5 Å². The van der Waals surface area contributed by atoms with Crippen molar-refractivity contribution < 1.29 is 14.6 Å². The van der Waals surface area contributed by atoms with E-state index in [1.54, 1.807) is 18.2 Å². The molecule has 0 atom stereocenters. The molecule has 0 aliphatic heterocycles. The first kappa shape index (κ1) is 14.3. The number of hydrogen-bond donors (Lipinski definition) is 1. The summed E-state index contributed by atoms with van der Waals surface area (Å²) in [5.74, 6) is -0.645. The lowest BCUT2D eigenvalue weighted by molar-refractivity contribution is 0.0597. The Labute approximate surface area is 125 Å². The minimum absolute atomic E-state index is 0.0881. The Morgan fingerprint density at radius 2 is 1.85 bits per heavy atom. The molecular weight excluding hydrogens is 320 g/mol. The van der Waals surface area contributed by atoms with Gasteiger partial charge in [-0.25, -0.2) is 4.79 Å². The second-order valence-electron chi connectivity index (χ2n) is 4.12. The van der Waals surface area contributed by atoms with Crippen LogP contribution in [0.5, 0.6) is 5.75 Å². The molecule has 2 rings (SSSR count). The lowest BCUT2D eigenvalue weighted by atomic mass is 10.0. The summed E-state index contributed by atoms with van der Waals surface area (Å²) >= 11 is 3.37. The van der Waals surface area contributed by atoms with Crippen LogP contribution in [0, 0.1) is 0 Å². The van der Waals surface area contributed by atoms with E-state index in [0.29, 0.717) is 5.56 Å². The number of halogens is 1. The quantitative estimate of drug-likeness (QED) is 0.679. The average Bonchev–Trinajstić information content (AvgIpc) is 2.46. The van der Waals surface area contributed by atoms with Gasteiger partial charge in [0.25, 0.3) is 0 Å². The molecule has 0 saturated heterocycles. The van der Waals surface area contributed by atoms with Crippen LogP contribution in [0.25, 0.3) is 12.2 Å². The number of ether oxygens (including phenoxy) is 1. The van der Waals surface area contributed by atoms with E-state index >= 15 is 0 Å². The number of phenolic OH excluding ortho intramolecular Hbond substituents is 1. The van der Waals surface area contributed by atoms with Crippen molar-refractivity contribution in [3.8, 4) is 5.75 Å². The fraction of sp³-hybridized carbons (Fsp3) is 0.0625. The summed E-state index contributed by atoms with van der Waals surface area (Å²) in [5.41, 5.74) is 1.77. The van der Waals surface area contributed by atoms with Crippen LogP contribution in [0.2, 0.25) is 0 Å². The van der Waals surface area contributed by atoms with E-state index in [4.69, 9.17) is 0 Å². The fourth-order valence-electron chi connectivity index (χ4n) is 1.78. The second-order valence-corrected chi connectivity index (χ2v) is 5.03. The number of carbonyl (C=O) groups excluding carboxylic acids is 1. The Balaban J connectivity index is 2.36. The number of esters is 1. The van der Waals surface area contributed by atoms with Crippen molar-refractivity contribution in [2.75, 3.05) is 7.11 Å². The molecule has 2 aromatic rings. The average molecular weight is 333 g/mol. The largest absolute Gasteiger partial charge is 0.507 e. The van der Waals surface area contributed by atoms with Crippen molar-refractivity contribution in [1.29, 1.82) is 0 Å². The predicted molar refractivity (Wildman–Crippen MR) is 82.5 cm³/mol. The summed E-state index contributed by atoms with van der Waals surface area (Å²) in [7, 11) is 1.29. The van der Waals surface area contributed by atoms with Gasteiger partial charge in [-0.2, -0.15) is 0 Å². The maximum absolute atomic E-state index is 11.7. The van der Waals surface area contributed by atoms with Crippen LogP contribution in [0.4, 0.5) is 0 Å². The van der Waals surface area contributed by atoms with Crippen molar-refractivity contribution in [2.45, 2.75) is 0 Å². The monoisotopic (exact) mass is 332 g/mol. The Morgan fingerprint density at radius 3 is 2.50 bits per heavy atom. The van der Waals surface area contributed by atoms with Crippen molar-refractivity contribution in [3.63, 3.8) is 0 Å². The van der Waals surface area contributed by atoms with Crippen LogP contribution >= 0.6 is 15.9 Å². The van der Waals surface area contributed by atoms with Crippen LogP contribution in [0.15, 0.2) is 46.9 Å². The highest BCUT2D eigenvalue weighted by atomic mass is 79.9. The van der Waals surface area contributed by atoms with Gasteiger partial charge in [0.05, 0.1) is 7.11 Å². The molecule has 0 spiro atoms. The highest BCUT2D eigenvalue weighted by molar-refractivity contribution is 9.10. The van der Waals surface area contributed by atoms with E-state index in [1.165, 1.54) is 13.2 Å². The van der Waals surface area contributed by atoms with E-state index in [1.807, 2.05) is 30.3 Å². The van der Waals surface area contributed by atoms with Crippen LogP contribution < -0.4 is 0 Å². The summed E-state index contributed by atoms with van der Waals surface area (Å²) in [4.78, 5) is 11.7. The summed E-state index contributed by atoms with van der Waals surface area (Å²) in [6.07, 6.45) is 3.64. The van der Waals surface area contributed by atoms with E-state index < -0.39 is 5.97 Å². The maximum Gasteiger partial charge on any atom is 0.342 e. The maximum atomic E-state index is 11.7. The smallest absolute Gasteiger partial charge is 0.342 e. The zero-order valence-corrected chi connectivity index (χ0v) is 12.4. The molecule has 20 heavy (non-hydrogen) atoms. The normalized spacial score (nSPS) is 10.7. The molecule has 0 aromatic heterocycles. The Hall–Kier alpha value is -2.07. The van der Waals surface area contributed by atoms with Crippen molar-refractivity contribution in [2.24, 2.45) is 0 Å². The van der Waals surface area contributed by atoms with Gasteiger partial charge in [-0.05, 0) is 29.3 Å². The molecular formula is C16H13BrO3. The highest BCUT2D eigenvalue weighted by Crippen LogP contribution is 2.24. The minimum atomic E-state index is -0.557. The summed E-state index contributed by atoms with van der Waals surface area (Å²) < 4.78 is 5.69. The number of carbonyl (C=O) groups is 1. The van der Waals surface area contributed by atoms with E-state index in [0.717, 1.165) is 10.0 Å². The lowest BCUT2D eigenvalue weighted by Gasteiger charge is -2.06. The minimum Gasteiger partial charge on any atom is -0.507 e. The van der Waals surface area contributed by atoms with Crippen molar-refractivity contribution in [3.05, 3.63) is 63.6 Å². The van der Waals surface area contributed by atoms with Gasteiger partial charge >= 0.3 is 5.97 Å². The Kier molecular flexibility index (Phi) is 4.58. The van der Waals surface area contributed by atoms with E-state index in [9.17, 15) is 9.90 Å². The molecule has 0 aliphatic rings. The summed E-state index contributed by atoms with van der Waals surface area (Å²) in [6, 6.07) is 12.7. The van der Waals surface area contributed by atoms with Gasteiger partial charge in [0, 0.05) is 4.47 Å². The zero-order valence-electron chi connectivity index (χ0n) is 10.8. The number of phenols is 1. The molecule has 0 saturated carbocycles. The number of rotatable bonds is 3. The summed E-state index contributed by atoms with van der Waals surface area (Å²) in [5, 5.41) is 9.79. The third-order valence-electron chi connectivity index (χ3n) is 2.79. The van der Waals surface area contributed by atoms with Gasteiger partial charge in [0.1, 0.15) is 11.3 Å². The van der Waals surface area contributed by atoms with Gasteiger partial charge in [-0.3, -0.25) is 0 Å². The number of hydrogen-bond acceptors (Lipinski definition) is 3. The van der Waals surface area contributed by atoms with E-state index in [2.05, 4.69) is 20.7 Å². The first-order valence-corrected chi connectivity index (χ1v) is 6.75. The van der Waals surface area contributed by atoms with Crippen LogP contribution in [-0.4, -0.2) is 18.2 Å². The first-order valence-electron chi connectivity index (χ1n) is 5.96. The summed E-state index contributed by atoms with van der Waals surface area (Å²) in [6.45, 7) is 0. The predicted octanol–water partition coefficient (Wildman–Crippen LogP) is 4.11. The van der Waals surface area contributed by atoms with E-state index in [-0.39, 0.29) is 11.3 Å². The SMILES string of the molecule is COC(=O)c1c(O)cccc1C=Cc1ccc(Br)cc1. The first-order chi connectivity index (χ1) is 9.61. The molecule has 102 valence electrons. The molecule has 1 N–H and O–H groups in total. The molecule has 0 aliphatic carbocycles. The molecule has 0 unspecified atom stereocenters. The third kappa shape index (κ3) is 3.27. The molecule has 4 heteroatoms. The highest BCUT2D eigenvalue weighted by Gasteiger charge is 2.14. The van der Waals surface area contributed by atoms with Crippen LogP contribution in [-0.2, 0) is 4.74 Å². The standard InChI is InChI=1S/C16H13BrO3/c1-20-16(19)15-12(3-2-4-14(15)18)8-5-11-6-9-13(17)10-7-11/h2-10,18H,1H3. The Morgan fingerprint density at radius 1 is 1.15 bits per heavy atom. The number of methoxy groups -OCH3 is 1. The second kappa shape index (κ2) is 6.39. The molecule has 2 aromatic carbocycles. The molecule has 3 nitrogen and oxygen atoms in total. The molecule has 0 amide bonds. The lowest BCUT2D eigenvalue weighted by Crippen LogP contribution is -2.03. The van der Waals surface area contributed by atoms with Gasteiger partial charge in [0.2, 0.25) is 0 Å². The topological polar surface area (TPSA) is 46.5 Å². The fourth-order valence-corrected chi connectivity index (χ4v) is 2.05. The van der Waals surface area contributed by atoms with Crippen LogP contribution in [0.3, 0.4) is 0 Å². The third-order valence-corrected chi connectivity index (χ3v) is 3.32. The zero-order chi connectivity index (χ0) is 14.5. The van der Waals surface area contributed by atoms with Crippen molar-refractivity contribution >= 4 is 34.1 Å². The molecule has 0 heterocycles. The molecule has 0 radical (unpaired) electrons. The number of benzene rings is 2. The van der Waals surface area contributed by atoms with Gasteiger partial charge in [-0.15, -0.1) is 0 Å². The van der Waals surface area contributed by atoms with Crippen molar-refractivity contribution in [1.82, 2.24) is 0 Å². The van der Waals surface area contributed by atoms with Gasteiger partial charge < -0.3 is 9.84 Å². The molecule has 0 fully saturated rings.